The molecule has 26 heavy (non-hydrogen) atoms. The number of carbonyl (C=O) groups is 1. The van der Waals surface area contributed by atoms with Crippen LogP contribution in [0.5, 0.6) is 0 Å². The number of fused-ring (bicyclic) bond motifs is 2. The van der Waals surface area contributed by atoms with E-state index >= 15 is 0 Å². The number of hydrogen-bond acceptors (Lipinski definition) is 4. The molecule has 1 atom stereocenters. The van der Waals surface area contributed by atoms with Crippen LogP contribution in [0.25, 0.3) is 10.8 Å². The third kappa shape index (κ3) is 2.80. The van der Waals surface area contributed by atoms with Crippen LogP contribution in [0.4, 0.5) is 5.82 Å². The van der Waals surface area contributed by atoms with Gasteiger partial charge in [0.1, 0.15) is 5.82 Å². The number of hydrogen-bond donors (Lipinski definition) is 1. The zero-order valence-corrected chi connectivity index (χ0v) is 15.5. The van der Waals surface area contributed by atoms with Gasteiger partial charge in [0, 0.05) is 19.4 Å². The fraction of sp³-hybridized carbons (Fsp3) is 0.250. The molecule has 1 amide bonds. The molecule has 0 bridgehead atoms. The number of nitrogens with zero attached hydrogens (tertiary/aromatic N) is 2. The molecule has 0 aliphatic carbocycles. The van der Waals surface area contributed by atoms with Crippen molar-refractivity contribution < 1.29 is 4.79 Å². The third-order valence-electron chi connectivity index (χ3n) is 4.75. The molecule has 5 nitrogen and oxygen atoms in total. The lowest BCUT2D eigenvalue weighted by atomic mass is 9.86. The Morgan fingerprint density at radius 3 is 2.73 bits per heavy atom. The van der Waals surface area contributed by atoms with Crippen molar-refractivity contribution in [3.8, 4) is 0 Å². The number of rotatable bonds is 3. The van der Waals surface area contributed by atoms with Gasteiger partial charge in [-0.15, -0.1) is 0 Å². The summed E-state index contributed by atoms with van der Waals surface area (Å²) < 4.78 is 1.82. The Hall–Kier alpha value is -2.60. The van der Waals surface area contributed by atoms with Gasteiger partial charge in [-0.1, -0.05) is 61.2 Å². The Labute approximate surface area is 155 Å². The summed E-state index contributed by atoms with van der Waals surface area (Å²) in [6, 6.07) is 14.2. The molecular weight excluding hydrogens is 346 g/mol. The summed E-state index contributed by atoms with van der Waals surface area (Å²) in [5, 5.41) is 5.73. The normalized spacial score (nSPS) is 16.4. The smallest absolute Gasteiger partial charge is 0.279 e. The molecule has 1 N–H and O–H groups in total. The molecule has 0 spiro atoms. The summed E-state index contributed by atoms with van der Waals surface area (Å²) in [4.78, 5) is 29.4. The van der Waals surface area contributed by atoms with Gasteiger partial charge in [-0.25, -0.2) is 0 Å². The van der Waals surface area contributed by atoms with Crippen LogP contribution in [0.2, 0.25) is 0 Å². The van der Waals surface area contributed by atoms with E-state index in [1.807, 2.05) is 48.9 Å². The van der Waals surface area contributed by atoms with E-state index < -0.39 is 0 Å². The second-order valence-corrected chi connectivity index (χ2v) is 7.60. The number of carbonyl (C=O) groups excluding carboxylic acids is 1. The first-order valence-corrected chi connectivity index (χ1v) is 9.59. The maximum absolute atomic E-state index is 12.8. The van der Waals surface area contributed by atoms with Crippen molar-refractivity contribution in [3.63, 3.8) is 0 Å². The van der Waals surface area contributed by atoms with Crippen LogP contribution < -0.4 is 10.9 Å². The second kappa shape index (κ2) is 6.61. The van der Waals surface area contributed by atoms with Gasteiger partial charge in [0.05, 0.1) is 5.56 Å². The monoisotopic (exact) mass is 365 g/mol. The van der Waals surface area contributed by atoms with E-state index in [9.17, 15) is 9.59 Å². The quantitative estimate of drug-likeness (QED) is 0.570. The minimum absolute atomic E-state index is 0.0793. The molecule has 6 heteroatoms. The Morgan fingerprint density at radius 1 is 1.19 bits per heavy atom. The zero-order chi connectivity index (χ0) is 18.3. The molecule has 0 saturated carbocycles. The summed E-state index contributed by atoms with van der Waals surface area (Å²) in [7, 11) is 1.84. The number of aromatic nitrogens is 2. The van der Waals surface area contributed by atoms with Crippen molar-refractivity contribution in [2.45, 2.75) is 24.4 Å². The molecule has 1 aliphatic rings. The first-order valence-electron chi connectivity index (χ1n) is 8.60. The number of thioether (sulfide) groups is 1. The van der Waals surface area contributed by atoms with Crippen LogP contribution in [0.1, 0.15) is 30.4 Å². The van der Waals surface area contributed by atoms with E-state index in [0.29, 0.717) is 16.5 Å². The Morgan fingerprint density at radius 2 is 1.96 bits per heavy atom. The first-order chi connectivity index (χ1) is 12.6. The van der Waals surface area contributed by atoms with Crippen molar-refractivity contribution in [1.29, 1.82) is 0 Å². The summed E-state index contributed by atoms with van der Waals surface area (Å²) in [5.41, 5.74) is 1.28. The van der Waals surface area contributed by atoms with E-state index in [4.69, 9.17) is 0 Å². The van der Waals surface area contributed by atoms with Crippen molar-refractivity contribution in [1.82, 2.24) is 9.55 Å². The highest BCUT2D eigenvalue weighted by Crippen LogP contribution is 2.36. The van der Waals surface area contributed by atoms with Gasteiger partial charge >= 0.3 is 0 Å². The molecule has 1 unspecified atom stereocenters. The Kier molecular flexibility index (Phi) is 4.28. The van der Waals surface area contributed by atoms with Crippen LogP contribution in [-0.4, -0.2) is 21.2 Å². The van der Waals surface area contributed by atoms with Crippen molar-refractivity contribution in [2.75, 3.05) is 11.1 Å². The lowest BCUT2D eigenvalue weighted by Gasteiger charge is -2.27. The number of anilines is 1. The van der Waals surface area contributed by atoms with E-state index in [0.717, 1.165) is 22.1 Å². The van der Waals surface area contributed by atoms with Crippen LogP contribution >= 0.6 is 11.8 Å². The molecule has 3 aromatic rings. The molecule has 0 fully saturated rings. The highest BCUT2D eigenvalue weighted by molar-refractivity contribution is 7.99. The Bertz CT molecular complexity index is 1070. The SMILES string of the molecule is CCSc1nc(=O)c2c(n1C)NC(=O)CC2c1ccc2ccccc2c1. The summed E-state index contributed by atoms with van der Waals surface area (Å²) in [5.74, 6) is 1.01. The van der Waals surface area contributed by atoms with Crippen molar-refractivity contribution in [3.05, 3.63) is 63.9 Å². The van der Waals surface area contributed by atoms with Crippen LogP contribution in [0.15, 0.2) is 52.4 Å². The van der Waals surface area contributed by atoms with Crippen LogP contribution in [-0.2, 0) is 11.8 Å². The molecule has 0 radical (unpaired) electrons. The first kappa shape index (κ1) is 16.8. The standard InChI is InChI=1S/C20H19N3O2S/c1-3-26-20-22-19(25)17-15(11-16(24)21-18(17)23(20)2)14-9-8-12-6-4-5-7-13(12)10-14/h4-10,15H,3,11H2,1-2H3,(H,21,24). The molecule has 1 aliphatic heterocycles. The van der Waals surface area contributed by atoms with Crippen LogP contribution in [0.3, 0.4) is 0 Å². The number of amides is 1. The van der Waals surface area contributed by atoms with Gasteiger partial charge in [-0.05, 0) is 22.1 Å². The summed E-state index contributed by atoms with van der Waals surface area (Å²) >= 11 is 1.49. The fourth-order valence-electron chi connectivity index (χ4n) is 3.50. The second-order valence-electron chi connectivity index (χ2n) is 6.37. The molecule has 1 aromatic heterocycles. The van der Waals surface area contributed by atoms with Gasteiger partial charge in [0.2, 0.25) is 5.91 Å². The molecule has 2 aromatic carbocycles. The lowest BCUT2D eigenvalue weighted by Crippen LogP contribution is -2.33. The van der Waals surface area contributed by atoms with Crippen molar-refractivity contribution in [2.24, 2.45) is 7.05 Å². The zero-order valence-electron chi connectivity index (χ0n) is 14.7. The topological polar surface area (TPSA) is 64.0 Å². The molecule has 132 valence electrons. The van der Waals surface area contributed by atoms with Gasteiger partial charge in [-0.3, -0.25) is 9.59 Å². The predicted octanol–water partition coefficient (Wildman–Crippen LogP) is 3.52. The van der Waals surface area contributed by atoms with Crippen molar-refractivity contribution >= 4 is 34.3 Å². The average Bonchev–Trinajstić information content (AvgIpc) is 2.65. The highest BCUT2D eigenvalue weighted by Gasteiger charge is 2.32. The molecule has 0 saturated heterocycles. The predicted molar refractivity (Wildman–Crippen MR) is 105 cm³/mol. The van der Waals surface area contributed by atoms with Gasteiger partial charge in [0.25, 0.3) is 5.56 Å². The minimum Gasteiger partial charge on any atom is -0.312 e. The van der Waals surface area contributed by atoms with E-state index in [-0.39, 0.29) is 23.8 Å². The van der Waals surface area contributed by atoms with E-state index in [2.05, 4.69) is 22.4 Å². The fourth-order valence-corrected chi connectivity index (χ4v) is 4.19. The molecule has 4 rings (SSSR count). The van der Waals surface area contributed by atoms with Gasteiger partial charge in [-0.2, -0.15) is 4.98 Å². The summed E-state index contributed by atoms with van der Waals surface area (Å²) in [6.07, 6.45) is 0.253. The van der Waals surface area contributed by atoms with E-state index in [1.54, 1.807) is 0 Å². The van der Waals surface area contributed by atoms with E-state index in [1.165, 1.54) is 11.8 Å². The maximum Gasteiger partial charge on any atom is 0.279 e. The maximum atomic E-state index is 12.8. The third-order valence-corrected chi connectivity index (χ3v) is 5.66. The number of nitrogens with one attached hydrogen (secondary N) is 1. The molecular formula is C20H19N3O2S. The largest absolute Gasteiger partial charge is 0.312 e. The van der Waals surface area contributed by atoms with Gasteiger partial charge < -0.3 is 9.88 Å². The lowest BCUT2D eigenvalue weighted by molar-refractivity contribution is -0.116. The Balaban J connectivity index is 1.90. The number of benzene rings is 2. The average molecular weight is 365 g/mol. The highest BCUT2D eigenvalue weighted by atomic mass is 32.2. The summed E-state index contributed by atoms with van der Waals surface area (Å²) in [6.45, 7) is 2.01. The minimum atomic E-state index is -0.282. The van der Waals surface area contributed by atoms with Gasteiger partial charge in [0.15, 0.2) is 5.16 Å². The van der Waals surface area contributed by atoms with Crippen LogP contribution in [0, 0.1) is 0 Å². The molecule has 2 heterocycles.